The van der Waals surface area contributed by atoms with Crippen molar-refractivity contribution in [3.8, 4) is 0 Å². The summed E-state index contributed by atoms with van der Waals surface area (Å²) in [5.41, 5.74) is 4.08. The van der Waals surface area contributed by atoms with E-state index in [2.05, 4.69) is 5.43 Å². The van der Waals surface area contributed by atoms with Gasteiger partial charge in [0, 0.05) is 12.2 Å². The Kier molecular flexibility index (Phi) is 7.67. The first-order chi connectivity index (χ1) is 6.61. The molecule has 0 saturated carbocycles. The lowest BCUT2D eigenvalue weighted by molar-refractivity contribution is -0.121. The van der Waals surface area contributed by atoms with Crippen LogP contribution >= 0.6 is 21.6 Å². The van der Waals surface area contributed by atoms with Crippen LogP contribution in [0.5, 0.6) is 0 Å². The lowest BCUT2D eigenvalue weighted by atomic mass is 10.5. The molecule has 0 rings (SSSR count). The number of carbonyl (C=O) groups excluding carboxylic acids is 2. The predicted molar refractivity (Wildman–Crippen MR) is 58.8 cm³/mol. The summed E-state index contributed by atoms with van der Waals surface area (Å²) in [5.74, 6) is 9.99. The van der Waals surface area contributed by atoms with Crippen molar-refractivity contribution in [3.63, 3.8) is 0 Å². The van der Waals surface area contributed by atoms with Crippen molar-refractivity contribution in [2.75, 3.05) is 5.75 Å². The third kappa shape index (κ3) is 6.08. The van der Waals surface area contributed by atoms with E-state index in [9.17, 15) is 9.59 Å². The van der Waals surface area contributed by atoms with E-state index >= 15 is 0 Å². The minimum Gasteiger partial charge on any atom is -0.294 e. The van der Waals surface area contributed by atoms with E-state index in [1.807, 2.05) is 5.43 Å². The smallest absolute Gasteiger partial charge is 0.247 e. The van der Waals surface area contributed by atoms with Gasteiger partial charge in [0.15, 0.2) is 0 Å². The van der Waals surface area contributed by atoms with Crippen LogP contribution in [0.25, 0.3) is 0 Å². The van der Waals surface area contributed by atoms with Crippen LogP contribution in [0.1, 0.15) is 13.3 Å². The Bertz CT molecular complexity index is 202. The Morgan fingerprint density at radius 3 is 2.50 bits per heavy atom. The summed E-state index contributed by atoms with van der Waals surface area (Å²) in [4.78, 5) is 21.6. The van der Waals surface area contributed by atoms with Gasteiger partial charge in [0.25, 0.3) is 0 Å². The van der Waals surface area contributed by atoms with Crippen LogP contribution in [0.15, 0.2) is 0 Å². The Morgan fingerprint density at radius 1 is 1.36 bits per heavy atom. The molecule has 0 radical (unpaired) electrons. The van der Waals surface area contributed by atoms with Gasteiger partial charge in [-0.2, -0.15) is 0 Å². The highest BCUT2D eigenvalue weighted by Gasteiger charge is 2.11. The van der Waals surface area contributed by atoms with Gasteiger partial charge in [-0.05, 0) is 6.92 Å². The summed E-state index contributed by atoms with van der Waals surface area (Å²) < 4.78 is 0. The fourth-order valence-corrected chi connectivity index (χ4v) is 2.66. The van der Waals surface area contributed by atoms with Gasteiger partial charge < -0.3 is 0 Å². The summed E-state index contributed by atoms with van der Waals surface area (Å²) in [6, 6.07) is 0. The van der Waals surface area contributed by atoms with Gasteiger partial charge in [0.2, 0.25) is 11.8 Å². The van der Waals surface area contributed by atoms with Crippen molar-refractivity contribution in [2.45, 2.75) is 18.6 Å². The first-order valence-electron chi connectivity index (χ1n) is 3.90. The normalized spacial score (nSPS) is 11.9. The van der Waals surface area contributed by atoms with Gasteiger partial charge in [-0.1, -0.05) is 21.6 Å². The molecule has 6 nitrogen and oxygen atoms in total. The minimum absolute atomic E-state index is 0.214. The second kappa shape index (κ2) is 7.92. The van der Waals surface area contributed by atoms with Crippen molar-refractivity contribution in [1.29, 1.82) is 0 Å². The third-order valence-electron chi connectivity index (χ3n) is 1.30. The Morgan fingerprint density at radius 2 is 2.00 bits per heavy atom. The van der Waals surface area contributed by atoms with Gasteiger partial charge in [-0.15, -0.1) is 0 Å². The molecular formula is C6H14N4O2S2. The molecule has 8 heteroatoms. The van der Waals surface area contributed by atoms with Crippen LogP contribution in [-0.4, -0.2) is 22.8 Å². The lowest BCUT2D eigenvalue weighted by Gasteiger charge is -2.07. The first-order valence-corrected chi connectivity index (χ1v) is 6.28. The molecule has 1 unspecified atom stereocenters. The van der Waals surface area contributed by atoms with Crippen LogP contribution in [0.2, 0.25) is 0 Å². The number of hydrazine groups is 2. The Hall–Kier alpha value is -0.440. The average Bonchev–Trinajstić information content (AvgIpc) is 2.22. The predicted octanol–water partition coefficient (Wildman–Crippen LogP) is -0.874. The molecule has 0 saturated heterocycles. The largest absolute Gasteiger partial charge is 0.294 e. The van der Waals surface area contributed by atoms with Crippen LogP contribution in [0, 0.1) is 0 Å². The highest BCUT2D eigenvalue weighted by atomic mass is 33.1. The molecule has 0 aliphatic heterocycles. The number of hydrogen-bond donors (Lipinski definition) is 4. The fraction of sp³-hybridized carbons (Fsp3) is 0.667. The van der Waals surface area contributed by atoms with Crippen molar-refractivity contribution in [3.05, 3.63) is 0 Å². The minimum atomic E-state index is -0.231. The molecule has 14 heavy (non-hydrogen) atoms. The van der Waals surface area contributed by atoms with E-state index < -0.39 is 0 Å². The SMILES string of the molecule is CC(SSCCC(=O)NN)C(=O)NN. The fourth-order valence-electron chi connectivity index (χ4n) is 0.518. The molecule has 0 spiro atoms. The lowest BCUT2D eigenvalue weighted by Crippen LogP contribution is -2.35. The zero-order valence-corrected chi connectivity index (χ0v) is 9.41. The maximum atomic E-state index is 10.9. The summed E-state index contributed by atoms with van der Waals surface area (Å²) in [5, 5.41) is -0.231. The number of nitrogens with one attached hydrogen (secondary N) is 2. The second-order valence-corrected chi connectivity index (χ2v) is 5.21. The first kappa shape index (κ1) is 13.6. The molecule has 1 atom stereocenters. The summed E-state index contributed by atoms with van der Waals surface area (Å²) in [7, 11) is 2.80. The standard InChI is InChI=1S/C6H14N4O2S2/c1-4(6(12)10-8)14-13-3-2-5(11)9-7/h4H,2-3,7-8H2,1H3,(H,9,11)(H,10,12). The monoisotopic (exact) mass is 238 g/mol. The van der Waals surface area contributed by atoms with E-state index in [1.165, 1.54) is 21.6 Å². The van der Waals surface area contributed by atoms with E-state index in [4.69, 9.17) is 11.7 Å². The molecule has 0 aliphatic rings. The van der Waals surface area contributed by atoms with Gasteiger partial charge in [-0.3, -0.25) is 20.4 Å². The number of amides is 2. The van der Waals surface area contributed by atoms with Crippen molar-refractivity contribution in [1.82, 2.24) is 10.9 Å². The molecule has 0 aromatic carbocycles. The zero-order chi connectivity index (χ0) is 11.0. The van der Waals surface area contributed by atoms with Crippen LogP contribution in [-0.2, 0) is 9.59 Å². The second-order valence-electron chi connectivity index (χ2n) is 2.39. The molecule has 0 bridgehead atoms. The molecule has 0 aromatic rings. The molecule has 2 amide bonds. The van der Waals surface area contributed by atoms with Crippen molar-refractivity contribution >= 4 is 33.4 Å². The van der Waals surface area contributed by atoms with Crippen LogP contribution in [0.4, 0.5) is 0 Å². The van der Waals surface area contributed by atoms with Crippen LogP contribution < -0.4 is 22.5 Å². The molecule has 82 valence electrons. The number of rotatable bonds is 6. The molecule has 0 fully saturated rings. The summed E-state index contributed by atoms with van der Waals surface area (Å²) >= 11 is 0. The number of nitrogens with two attached hydrogens (primary N) is 2. The number of carbonyl (C=O) groups is 2. The molecule has 0 aliphatic carbocycles. The molecule has 0 aromatic heterocycles. The zero-order valence-electron chi connectivity index (χ0n) is 7.78. The van der Waals surface area contributed by atoms with Gasteiger partial charge in [-0.25, -0.2) is 11.7 Å². The average molecular weight is 238 g/mol. The summed E-state index contributed by atoms with van der Waals surface area (Å²) in [6.07, 6.45) is 0.338. The van der Waals surface area contributed by atoms with Gasteiger partial charge in [0.05, 0.1) is 5.25 Å². The van der Waals surface area contributed by atoms with Gasteiger partial charge >= 0.3 is 0 Å². The highest BCUT2D eigenvalue weighted by molar-refractivity contribution is 8.77. The topological polar surface area (TPSA) is 110 Å². The van der Waals surface area contributed by atoms with Crippen molar-refractivity contribution < 1.29 is 9.59 Å². The molecular weight excluding hydrogens is 224 g/mol. The van der Waals surface area contributed by atoms with E-state index in [0.717, 1.165) is 0 Å². The number of hydrogen-bond acceptors (Lipinski definition) is 6. The molecule has 6 N–H and O–H groups in total. The van der Waals surface area contributed by atoms with Crippen LogP contribution in [0.3, 0.4) is 0 Å². The van der Waals surface area contributed by atoms with Gasteiger partial charge in [0.1, 0.15) is 0 Å². The molecule has 0 heterocycles. The van der Waals surface area contributed by atoms with E-state index in [0.29, 0.717) is 12.2 Å². The van der Waals surface area contributed by atoms with E-state index in [-0.39, 0.29) is 17.1 Å². The quantitative estimate of drug-likeness (QED) is 0.157. The maximum absolute atomic E-state index is 10.9. The Labute approximate surface area is 90.3 Å². The van der Waals surface area contributed by atoms with Crippen molar-refractivity contribution in [2.24, 2.45) is 11.7 Å². The van der Waals surface area contributed by atoms with E-state index in [1.54, 1.807) is 6.92 Å². The third-order valence-corrected chi connectivity index (χ3v) is 4.08. The Balaban J connectivity index is 3.45. The maximum Gasteiger partial charge on any atom is 0.247 e. The summed E-state index contributed by atoms with van der Waals surface area (Å²) in [6.45, 7) is 1.74. The highest BCUT2D eigenvalue weighted by Crippen LogP contribution is 2.26.